The number of hydrogen-bond donors (Lipinski definition) is 1. The zero-order chi connectivity index (χ0) is 17.8. The largest absolute Gasteiger partial charge is 0.378 e. The van der Waals surface area contributed by atoms with Gasteiger partial charge < -0.3 is 10.2 Å². The first kappa shape index (κ1) is 16.7. The molecular weight excluding hydrogens is 314 g/mol. The van der Waals surface area contributed by atoms with E-state index in [0.717, 1.165) is 22.5 Å². The molecule has 3 rings (SSSR count). The summed E-state index contributed by atoms with van der Waals surface area (Å²) in [6.45, 7) is 0.406. The molecule has 25 heavy (non-hydrogen) atoms. The van der Waals surface area contributed by atoms with Gasteiger partial charge in [0.1, 0.15) is 0 Å². The summed E-state index contributed by atoms with van der Waals surface area (Å²) in [5.41, 5.74) is 4.34. The second-order valence-corrected chi connectivity index (χ2v) is 6.04. The summed E-state index contributed by atoms with van der Waals surface area (Å²) in [4.78, 5) is 18.9. The molecule has 0 saturated heterocycles. The Morgan fingerprint density at radius 2 is 2.08 bits per heavy atom. The molecule has 6 nitrogen and oxygen atoms in total. The lowest BCUT2D eigenvalue weighted by Crippen LogP contribution is -2.23. The Balaban J connectivity index is 1.76. The van der Waals surface area contributed by atoms with Crippen LogP contribution in [0.2, 0.25) is 0 Å². The van der Waals surface area contributed by atoms with Gasteiger partial charge in [-0.2, -0.15) is 5.10 Å². The number of nitrogens with zero attached hydrogens (tertiary/aromatic N) is 4. The van der Waals surface area contributed by atoms with E-state index in [4.69, 9.17) is 0 Å². The Morgan fingerprint density at radius 1 is 1.24 bits per heavy atom. The van der Waals surface area contributed by atoms with Gasteiger partial charge in [-0.25, -0.2) is 0 Å². The maximum absolute atomic E-state index is 12.5. The number of aryl methyl sites for hydroxylation is 1. The van der Waals surface area contributed by atoms with Crippen molar-refractivity contribution in [1.82, 2.24) is 20.1 Å². The van der Waals surface area contributed by atoms with E-state index >= 15 is 0 Å². The molecule has 0 fully saturated rings. The lowest BCUT2D eigenvalue weighted by atomic mass is 10.1. The number of nitrogens with one attached hydrogen (secondary N) is 1. The summed E-state index contributed by atoms with van der Waals surface area (Å²) < 4.78 is 1.74. The van der Waals surface area contributed by atoms with Crippen molar-refractivity contribution in [2.45, 2.75) is 6.54 Å². The van der Waals surface area contributed by atoms with E-state index in [2.05, 4.69) is 15.4 Å². The third-order valence-corrected chi connectivity index (χ3v) is 3.93. The van der Waals surface area contributed by atoms with Crippen LogP contribution < -0.4 is 10.2 Å². The SMILES string of the molecule is CN(C)c1cccc(C(=O)NCc2cccnc2-c2cnn(C)c2)c1. The van der Waals surface area contributed by atoms with E-state index in [1.54, 1.807) is 17.1 Å². The van der Waals surface area contributed by atoms with Crippen molar-refractivity contribution in [1.29, 1.82) is 0 Å². The number of anilines is 1. The van der Waals surface area contributed by atoms with Gasteiger partial charge in [-0.3, -0.25) is 14.5 Å². The van der Waals surface area contributed by atoms with Gasteiger partial charge in [0.05, 0.1) is 11.9 Å². The van der Waals surface area contributed by atoms with Crippen molar-refractivity contribution < 1.29 is 4.79 Å². The topological polar surface area (TPSA) is 63.1 Å². The van der Waals surface area contributed by atoms with Gasteiger partial charge in [0.2, 0.25) is 0 Å². The van der Waals surface area contributed by atoms with E-state index in [9.17, 15) is 4.79 Å². The Morgan fingerprint density at radius 3 is 2.80 bits per heavy atom. The van der Waals surface area contributed by atoms with Gasteiger partial charge in [0.25, 0.3) is 5.91 Å². The van der Waals surface area contributed by atoms with Crippen LogP contribution in [0.1, 0.15) is 15.9 Å². The number of amides is 1. The molecule has 0 aliphatic carbocycles. The molecular formula is C19H21N5O. The molecule has 1 aromatic carbocycles. The van der Waals surface area contributed by atoms with Crippen LogP contribution in [0.3, 0.4) is 0 Å². The molecule has 0 bridgehead atoms. The Kier molecular flexibility index (Phi) is 4.79. The van der Waals surface area contributed by atoms with Gasteiger partial charge >= 0.3 is 0 Å². The zero-order valence-corrected chi connectivity index (χ0v) is 14.6. The van der Waals surface area contributed by atoms with Crippen LogP contribution in [0, 0.1) is 0 Å². The van der Waals surface area contributed by atoms with Crippen LogP contribution >= 0.6 is 0 Å². The highest BCUT2D eigenvalue weighted by Gasteiger charge is 2.11. The molecule has 0 saturated carbocycles. The molecule has 1 N–H and O–H groups in total. The second-order valence-electron chi connectivity index (χ2n) is 6.04. The van der Waals surface area contributed by atoms with Crippen molar-refractivity contribution in [3.63, 3.8) is 0 Å². The molecule has 0 radical (unpaired) electrons. The lowest BCUT2D eigenvalue weighted by Gasteiger charge is -2.14. The molecule has 1 amide bonds. The summed E-state index contributed by atoms with van der Waals surface area (Å²) in [5.74, 6) is -0.107. The number of rotatable bonds is 5. The highest BCUT2D eigenvalue weighted by Crippen LogP contribution is 2.20. The van der Waals surface area contributed by atoms with Crippen LogP contribution in [0.5, 0.6) is 0 Å². The Bertz CT molecular complexity index is 885. The van der Waals surface area contributed by atoms with E-state index in [1.165, 1.54) is 0 Å². The summed E-state index contributed by atoms with van der Waals surface area (Å²) in [6, 6.07) is 11.4. The van der Waals surface area contributed by atoms with Crippen LogP contribution in [0.4, 0.5) is 5.69 Å². The highest BCUT2D eigenvalue weighted by atomic mass is 16.1. The van der Waals surface area contributed by atoms with Crippen molar-refractivity contribution in [2.75, 3.05) is 19.0 Å². The Hall–Kier alpha value is -3.15. The molecule has 0 unspecified atom stereocenters. The molecule has 2 heterocycles. The first-order valence-corrected chi connectivity index (χ1v) is 8.03. The third kappa shape index (κ3) is 3.85. The zero-order valence-electron chi connectivity index (χ0n) is 14.6. The van der Waals surface area contributed by atoms with Gasteiger partial charge in [-0.15, -0.1) is 0 Å². The van der Waals surface area contributed by atoms with E-state index < -0.39 is 0 Å². The molecule has 128 valence electrons. The number of pyridine rings is 1. The molecule has 0 aliphatic heterocycles. The van der Waals surface area contributed by atoms with Crippen molar-refractivity contribution >= 4 is 11.6 Å². The number of hydrogen-bond acceptors (Lipinski definition) is 4. The van der Waals surface area contributed by atoms with E-state index in [-0.39, 0.29) is 5.91 Å². The van der Waals surface area contributed by atoms with Crippen LogP contribution in [-0.4, -0.2) is 34.8 Å². The first-order chi connectivity index (χ1) is 12.0. The molecule has 0 atom stereocenters. The Labute approximate surface area is 147 Å². The fourth-order valence-electron chi connectivity index (χ4n) is 2.59. The molecule has 0 spiro atoms. The molecule has 0 aliphatic rings. The number of benzene rings is 1. The van der Waals surface area contributed by atoms with Crippen molar-refractivity contribution in [2.24, 2.45) is 7.05 Å². The maximum atomic E-state index is 12.5. The smallest absolute Gasteiger partial charge is 0.251 e. The monoisotopic (exact) mass is 335 g/mol. The van der Waals surface area contributed by atoms with E-state index in [0.29, 0.717) is 12.1 Å². The van der Waals surface area contributed by atoms with Gasteiger partial charge in [0, 0.05) is 56.9 Å². The normalized spacial score (nSPS) is 10.5. The van der Waals surface area contributed by atoms with Gasteiger partial charge in [0.15, 0.2) is 0 Å². The average Bonchev–Trinajstić information content (AvgIpc) is 3.06. The lowest BCUT2D eigenvalue weighted by molar-refractivity contribution is 0.0951. The summed E-state index contributed by atoms with van der Waals surface area (Å²) >= 11 is 0. The number of carbonyl (C=O) groups excluding carboxylic acids is 1. The third-order valence-electron chi connectivity index (χ3n) is 3.93. The summed E-state index contributed by atoms with van der Waals surface area (Å²) in [6.07, 6.45) is 5.43. The molecule has 2 aromatic heterocycles. The predicted octanol–water partition coefficient (Wildman–Crippen LogP) is 2.48. The fourth-order valence-corrected chi connectivity index (χ4v) is 2.59. The quantitative estimate of drug-likeness (QED) is 0.778. The molecule has 3 aromatic rings. The number of carbonyl (C=O) groups is 1. The standard InChI is InChI=1S/C19H21N5O/c1-23(2)17-8-4-6-14(10-17)19(25)21-11-15-7-5-9-20-18(15)16-12-22-24(3)13-16/h4-10,12-13H,11H2,1-3H3,(H,21,25). The van der Waals surface area contributed by atoms with Crippen molar-refractivity contribution in [3.05, 3.63) is 66.1 Å². The van der Waals surface area contributed by atoms with Crippen LogP contribution in [-0.2, 0) is 13.6 Å². The minimum Gasteiger partial charge on any atom is -0.378 e. The average molecular weight is 335 g/mol. The van der Waals surface area contributed by atoms with Gasteiger partial charge in [-0.1, -0.05) is 12.1 Å². The molecule has 6 heteroatoms. The fraction of sp³-hybridized carbons (Fsp3) is 0.211. The first-order valence-electron chi connectivity index (χ1n) is 8.03. The second kappa shape index (κ2) is 7.17. The van der Waals surface area contributed by atoms with Gasteiger partial charge in [-0.05, 0) is 29.8 Å². The van der Waals surface area contributed by atoms with Crippen LogP contribution in [0.15, 0.2) is 55.0 Å². The predicted molar refractivity (Wildman–Crippen MR) is 98.4 cm³/mol. The summed E-state index contributed by atoms with van der Waals surface area (Å²) in [5, 5.41) is 7.16. The highest BCUT2D eigenvalue weighted by molar-refractivity contribution is 5.95. The minimum absolute atomic E-state index is 0.107. The minimum atomic E-state index is -0.107. The number of aromatic nitrogens is 3. The maximum Gasteiger partial charge on any atom is 0.251 e. The van der Waals surface area contributed by atoms with E-state index in [1.807, 2.05) is 68.6 Å². The summed E-state index contributed by atoms with van der Waals surface area (Å²) in [7, 11) is 5.77. The van der Waals surface area contributed by atoms with Crippen LogP contribution in [0.25, 0.3) is 11.3 Å². The van der Waals surface area contributed by atoms with Crippen molar-refractivity contribution in [3.8, 4) is 11.3 Å².